The zero-order chi connectivity index (χ0) is 26.9. The van der Waals surface area contributed by atoms with Crippen molar-refractivity contribution in [3.8, 4) is 11.6 Å². The first kappa shape index (κ1) is 25.6. The number of carbonyl (C=O) groups excluding carboxylic acids is 1. The van der Waals surface area contributed by atoms with Crippen molar-refractivity contribution in [1.29, 1.82) is 0 Å². The number of anilines is 3. The molecular formula is C25H26F3N7O3. The number of aryl methyl sites for hydroxylation is 1. The SMILES string of the molecule is COCCC1C(=O)N2CCCc3nc(NCc4ccc(Oc5ccc(C(F)(F)F)nc5)nc4)nc(c32)N1C. The lowest BCUT2D eigenvalue weighted by Crippen LogP contribution is -2.54. The van der Waals surface area contributed by atoms with Crippen LogP contribution in [0.1, 0.15) is 29.8 Å². The molecule has 5 rings (SSSR count). The average Bonchev–Trinajstić information content (AvgIpc) is 2.91. The number of nitrogens with one attached hydrogen (secondary N) is 1. The molecule has 1 N–H and O–H groups in total. The number of hydrogen-bond donors (Lipinski definition) is 1. The number of halogens is 3. The van der Waals surface area contributed by atoms with Crippen LogP contribution < -0.4 is 19.9 Å². The van der Waals surface area contributed by atoms with Gasteiger partial charge in [0.1, 0.15) is 23.2 Å². The Balaban J connectivity index is 1.27. The number of aromatic nitrogens is 4. The minimum absolute atomic E-state index is 0.0442. The van der Waals surface area contributed by atoms with Crippen molar-refractivity contribution in [2.45, 2.75) is 38.0 Å². The number of pyridine rings is 2. The summed E-state index contributed by atoms with van der Waals surface area (Å²) >= 11 is 0. The summed E-state index contributed by atoms with van der Waals surface area (Å²) < 4.78 is 48.7. The van der Waals surface area contributed by atoms with Crippen molar-refractivity contribution in [2.75, 3.05) is 42.4 Å². The molecule has 2 aliphatic heterocycles. The third-order valence-corrected chi connectivity index (χ3v) is 6.45. The van der Waals surface area contributed by atoms with Gasteiger partial charge in [-0.1, -0.05) is 6.07 Å². The molecule has 0 aliphatic carbocycles. The van der Waals surface area contributed by atoms with Gasteiger partial charge >= 0.3 is 6.18 Å². The summed E-state index contributed by atoms with van der Waals surface area (Å²) in [5.41, 5.74) is 1.44. The summed E-state index contributed by atoms with van der Waals surface area (Å²) in [5, 5.41) is 3.23. The fraction of sp³-hybridized carbons (Fsp3) is 0.400. The fourth-order valence-corrected chi connectivity index (χ4v) is 4.53. The summed E-state index contributed by atoms with van der Waals surface area (Å²) in [6.07, 6.45) is 0.234. The van der Waals surface area contributed by atoms with Crippen LogP contribution in [0.25, 0.3) is 0 Å². The number of hydrogen-bond acceptors (Lipinski definition) is 9. The maximum Gasteiger partial charge on any atom is 0.433 e. The molecule has 0 saturated carbocycles. The van der Waals surface area contributed by atoms with Crippen molar-refractivity contribution in [2.24, 2.45) is 0 Å². The highest BCUT2D eigenvalue weighted by Gasteiger charge is 2.40. The van der Waals surface area contributed by atoms with Gasteiger partial charge in [0, 0.05) is 52.5 Å². The Morgan fingerprint density at radius 2 is 1.97 bits per heavy atom. The Morgan fingerprint density at radius 1 is 1.13 bits per heavy atom. The molecule has 2 aliphatic rings. The van der Waals surface area contributed by atoms with Crippen LogP contribution in [0.5, 0.6) is 11.6 Å². The Morgan fingerprint density at radius 3 is 2.66 bits per heavy atom. The average molecular weight is 530 g/mol. The van der Waals surface area contributed by atoms with Gasteiger partial charge in [0.25, 0.3) is 0 Å². The van der Waals surface area contributed by atoms with Crippen LogP contribution in [0.15, 0.2) is 36.7 Å². The number of alkyl halides is 3. The van der Waals surface area contributed by atoms with Crippen LogP contribution in [0, 0.1) is 0 Å². The second-order valence-corrected chi connectivity index (χ2v) is 9.00. The Labute approximate surface area is 216 Å². The van der Waals surface area contributed by atoms with Gasteiger partial charge in [0.05, 0.1) is 11.9 Å². The maximum atomic E-state index is 13.1. The molecule has 0 bridgehead atoms. The second-order valence-electron chi connectivity index (χ2n) is 9.00. The van der Waals surface area contributed by atoms with E-state index in [0.29, 0.717) is 37.9 Å². The largest absolute Gasteiger partial charge is 0.437 e. The number of carbonyl (C=O) groups is 1. The molecule has 13 heteroatoms. The zero-order valence-electron chi connectivity index (χ0n) is 20.8. The van der Waals surface area contributed by atoms with E-state index in [-0.39, 0.29) is 23.6 Å². The fourth-order valence-electron chi connectivity index (χ4n) is 4.53. The number of likely N-dealkylation sites (N-methyl/N-ethyl adjacent to an activating group) is 1. The maximum absolute atomic E-state index is 13.1. The lowest BCUT2D eigenvalue weighted by molar-refractivity contribution is -0.141. The monoisotopic (exact) mass is 529 g/mol. The molecule has 1 unspecified atom stereocenters. The van der Waals surface area contributed by atoms with Crippen LogP contribution in [-0.4, -0.2) is 59.2 Å². The molecule has 200 valence electrons. The molecule has 3 aromatic rings. The molecule has 38 heavy (non-hydrogen) atoms. The van der Waals surface area contributed by atoms with E-state index in [4.69, 9.17) is 14.5 Å². The summed E-state index contributed by atoms with van der Waals surface area (Å²) in [6.45, 7) is 1.50. The first-order chi connectivity index (χ1) is 18.2. The van der Waals surface area contributed by atoms with Crippen molar-refractivity contribution < 1.29 is 27.4 Å². The third-order valence-electron chi connectivity index (χ3n) is 6.45. The van der Waals surface area contributed by atoms with Gasteiger partial charge in [0.2, 0.25) is 17.7 Å². The van der Waals surface area contributed by atoms with Crippen LogP contribution in [0.2, 0.25) is 0 Å². The van der Waals surface area contributed by atoms with Crippen LogP contribution in [-0.2, 0) is 28.7 Å². The summed E-state index contributed by atoms with van der Waals surface area (Å²) in [6, 6.07) is 5.09. The summed E-state index contributed by atoms with van der Waals surface area (Å²) in [7, 11) is 3.48. The van der Waals surface area contributed by atoms with E-state index in [2.05, 4.69) is 20.3 Å². The van der Waals surface area contributed by atoms with Crippen LogP contribution in [0.4, 0.5) is 30.6 Å². The van der Waals surface area contributed by atoms with Gasteiger partial charge in [-0.15, -0.1) is 0 Å². The molecule has 0 saturated heterocycles. The number of methoxy groups -OCH3 is 1. The van der Waals surface area contributed by atoms with Gasteiger partial charge in [-0.25, -0.2) is 15.0 Å². The Kier molecular flexibility index (Phi) is 7.02. The van der Waals surface area contributed by atoms with Gasteiger partial charge < -0.3 is 24.6 Å². The van der Waals surface area contributed by atoms with Crippen LogP contribution in [0.3, 0.4) is 0 Å². The number of nitrogens with zero attached hydrogens (tertiary/aromatic N) is 6. The number of ether oxygens (including phenoxy) is 2. The molecule has 0 fully saturated rings. The lowest BCUT2D eigenvalue weighted by atomic mass is 10.0. The molecule has 1 atom stereocenters. The molecule has 1 amide bonds. The molecule has 3 aromatic heterocycles. The number of rotatable bonds is 8. The van der Waals surface area contributed by atoms with E-state index in [1.165, 1.54) is 6.07 Å². The summed E-state index contributed by atoms with van der Waals surface area (Å²) in [5.74, 6) is 1.57. The zero-order valence-corrected chi connectivity index (χ0v) is 20.8. The summed E-state index contributed by atoms with van der Waals surface area (Å²) in [4.78, 5) is 33.8. The minimum atomic E-state index is -4.51. The molecular weight excluding hydrogens is 503 g/mol. The predicted molar refractivity (Wildman–Crippen MR) is 132 cm³/mol. The standard InChI is InChI=1S/C25H26F3N7O3/c1-34-18(9-11-37-2)23(36)35-10-3-4-17-21(35)22(34)33-24(32-17)31-13-15-5-8-20(30-12-15)38-16-6-7-19(29-14-16)25(26,27)28/h5-8,12,14,18H,3-4,9-11,13H2,1-2H3,(H,31,32,33). The van der Waals surface area contributed by atoms with Gasteiger partial charge in [0.15, 0.2) is 5.82 Å². The molecule has 10 nitrogen and oxygen atoms in total. The Bertz CT molecular complexity index is 1300. The highest BCUT2D eigenvalue weighted by molar-refractivity contribution is 6.05. The topological polar surface area (TPSA) is 106 Å². The number of amides is 1. The van der Waals surface area contributed by atoms with Crippen molar-refractivity contribution >= 4 is 23.4 Å². The van der Waals surface area contributed by atoms with E-state index < -0.39 is 11.9 Å². The third kappa shape index (κ3) is 5.19. The van der Waals surface area contributed by atoms with E-state index in [1.54, 1.807) is 30.3 Å². The van der Waals surface area contributed by atoms with E-state index in [0.717, 1.165) is 42.0 Å². The molecule has 0 aromatic carbocycles. The molecule has 0 spiro atoms. The lowest BCUT2D eigenvalue weighted by Gasteiger charge is -2.42. The first-order valence-electron chi connectivity index (χ1n) is 12.1. The molecule has 5 heterocycles. The van der Waals surface area contributed by atoms with Crippen molar-refractivity contribution in [3.63, 3.8) is 0 Å². The van der Waals surface area contributed by atoms with Gasteiger partial charge in [-0.2, -0.15) is 18.2 Å². The van der Waals surface area contributed by atoms with Gasteiger partial charge in [-0.05, 0) is 30.5 Å². The van der Waals surface area contributed by atoms with E-state index in [1.807, 2.05) is 11.9 Å². The quantitative estimate of drug-likeness (QED) is 0.466. The predicted octanol–water partition coefficient (Wildman–Crippen LogP) is 3.82. The van der Waals surface area contributed by atoms with Crippen LogP contribution >= 0.6 is 0 Å². The first-order valence-corrected chi connectivity index (χ1v) is 12.1. The smallest absolute Gasteiger partial charge is 0.433 e. The van der Waals surface area contributed by atoms with Gasteiger partial charge in [-0.3, -0.25) is 4.79 Å². The normalized spacial score (nSPS) is 16.9. The van der Waals surface area contributed by atoms with Crippen molar-refractivity contribution in [3.05, 3.63) is 53.6 Å². The Hall–Kier alpha value is -4.00. The highest BCUT2D eigenvalue weighted by atomic mass is 19.4. The van der Waals surface area contributed by atoms with E-state index >= 15 is 0 Å². The molecule has 0 radical (unpaired) electrons. The highest BCUT2D eigenvalue weighted by Crippen LogP contribution is 2.40. The minimum Gasteiger partial charge on any atom is -0.437 e. The second kappa shape index (κ2) is 10.4. The van der Waals surface area contributed by atoms with Crippen molar-refractivity contribution in [1.82, 2.24) is 19.9 Å². The van der Waals surface area contributed by atoms with E-state index in [9.17, 15) is 18.0 Å².